The van der Waals surface area contributed by atoms with Crippen LogP contribution in [0, 0.1) is 0 Å². The Morgan fingerprint density at radius 1 is 1.04 bits per heavy atom. The Labute approximate surface area is 136 Å². The Hall–Kier alpha value is -0.990. The van der Waals surface area contributed by atoms with E-state index < -0.39 is 30.4 Å². The van der Waals surface area contributed by atoms with E-state index >= 15 is 0 Å². The van der Waals surface area contributed by atoms with Crippen LogP contribution in [0.5, 0.6) is 0 Å². The van der Waals surface area contributed by atoms with Crippen molar-refractivity contribution in [3.8, 4) is 0 Å². The van der Waals surface area contributed by atoms with E-state index in [2.05, 4.69) is 5.32 Å². The number of nitrogens with one attached hydrogen (secondary N) is 1. The fourth-order valence-electron chi connectivity index (χ4n) is 2.59. The third-order valence-electron chi connectivity index (χ3n) is 3.62. The quantitative estimate of drug-likeness (QED) is 0.817. The van der Waals surface area contributed by atoms with Crippen LogP contribution in [0.15, 0.2) is 24.3 Å². The molecule has 0 aliphatic carbocycles. The minimum absolute atomic E-state index is 0. The van der Waals surface area contributed by atoms with Crippen molar-refractivity contribution in [1.29, 1.82) is 0 Å². The van der Waals surface area contributed by atoms with E-state index in [1.807, 2.05) is 0 Å². The molecule has 9 heteroatoms. The van der Waals surface area contributed by atoms with E-state index in [1.54, 1.807) is 4.90 Å². The maximum Gasteiger partial charge on any atom is 0.416 e. The Balaban J connectivity index is 0.00000264. The molecule has 2 rings (SSSR count). The van der Waals surface area contributed by atoms with Crippen LogP contribution in [0.4, 0.5) is 26.3 Å². The summed E-state index contributed by atoms with van der Waals surface area (Å²) in [5.41, 5.74) is -0.874. The van der Waals surface area contributed by atoms with Crippen molar-refractivity contribution in [2.45, 2.75) is 24.8 Å². The summed E-state index contributed by atoms with van der Waals surface area (Å²) >= 11 is 0. The van der Waals surface area contributed by atoms with E-state index in [9.17, 15) is 26.3 Å². The number of hydrogen-bond acceptors (Lipinski definition) is 2. The van der Waals surface area contributed by atoms with E-state index in [1.165, 1.54) is 6.07 Å². The van der Waals surface area contributed by atoms with Crippen molar-refractivity contribution >= 4 is 12.4 Å². The average Bonchev–Trinajstić information content (AvgIpc) is 2.44. The summed E-state index contributed by atoms with van der Waals surface area (Å²) in [7, 11) is 0. The van der Waals surface area contributed by atoms with Crippen LogP contribution in [0.2, 0.25) is 0 Å². The van der Waals surface area contributed by atoms with Gasteiger partial charge in [0.1, 0.15) is 0 Å². The summed E-state index contributed by atoms with van der Waals surface area (Å²) in [4.78, 5) is 1.58. The smallest absolute Gasteiger partial charge is 0.314 e. The zero-order chi connectivity index (χ0) is 16.4. The predicted octanol–water partition coefficient (Wildman–Crippen LogP) is 4.03. The first-order valence-corrected chi connectivity index (χ1v) is 6.85. The SMILES string of the molecule is Cl.FC(F)(F)C[C@@H](c1cccc(C(F)(F)F)c1)N1CCNCC1. The lowest BCUT2D eigenvalue weighted by Gasteiger charge is -2.35. The van der Waals surface area contributed by atoms with Gasteiger partial charge in [0.25, 0.3) is 0 Å². The second-order valence-corrected chi connectivity index (χ2v) is 5.24. The second kappa shape index (κ2) is 7.72. The molecule has 0 unspecified atom stereocenters. The minimum atomic E-state index is -4.57. The topological polar surface area (TPSA) is 15.3 Å². The van der Waals surface area contributed by atoms with Gasteiger partial charge in [0.2, 0.25) is 0 Å². The zero-order valence-corrected chi connectivity index (χ0v) is 12.9. The largest absolute Gasteiger partial charge is 0.416 e. The highest BCUT2D eigenvalue weighted by atomic mass is 35.5. The van der Waals surface area contributed by atoms with Gasteiger partial charge >= 0.3 is 12.4 Å². The van der Waals surface area contributed by atoms with Crippen LogP contribution in [-0.4, -0.2) is 37.3 Å². The van der Waals surface area contributed by atoms with Gasteiger partial charge < -0.3 is 5.32 Å². The molecule has 0 amide bonds. The molecular formula is C14H17ClF6N2. The van der Waals surface area contributed by atoms with Crippen molar-refractivity contribution in [3.63, 3.8) is 0 Å². The van der Waals surface area contributed by atoms with Gasteiger partial charge in [0.15, 0.2) is 0 Å². The fraction of sp³-hybridized carbons (Fsp3) is 0.571. The molecule has 1 saturated heterocycles. The minimum Gasteiger partial charge on any atom is -0.314 e. The van der Waals surface area contributed by atoms with Gasteiger partial charge in [-0.2, -0.15) is 26.3 Å². The highest BCUT2D eigenvalue weighted by Gasteiger charge is 2.37. The molecular weight excluding hydrogens is 346 g/mol. The van der Waals surface area contributed by atoms with E-state index in [-0.39, 0.29) is 18.0 Å². The van der Waals surface area contributed by atoms with Crippen molar-refractivity contribution in [2.24, 2.45) is 0 Å². The first kappa shape index (κ1) is 20.1. The highest BCUT2D eigenvalue weighted by molar-refractivity contribution is 5.85. The molecule has 1 fully saturated rings. The molecule has 0 bridgehead atoms. The summed E-state index contributed by atoms with van der Waals surface area (Å²) < 4.78 is 76.7. The van der Waals surface area contributed by atoms with Crippen molar-refractivity contribution < 1.29 is 26.3 Å². The molecule has 1 atom stereocenters. The van der Waals surface area contributed by atoms with E-state index in [0.717, 1.165) is 18.2 Å². The lowest BCUT2D eigenvalue weighted by molar-refractivity contribution is -0.148. The van der Waals surface area contributed by atoms with Gasteiger partial charge in [-0.15, -0.1) is 12.4 Å². The first-order chi connectivity index (χ1) is 10.2. The number of hydrogen-bond donors (Lipinski definition) is 1. The monoisotopic (exact) mass is 362 g/mol. The van der Waals surface area contributed by atoms with Gasteiger partial charge in [-0.05, 0) is 17.7 Å². The van der Waals surface area contributed by atoms with Gasteiger partial charge in [-0.25, -0.2) is 0 Å². The molecule has 0 radical (unpaired) electrons. The van der Waals surface area contributed by atoms with E-state index in [0.29, 0.717) is 26.2 Å². The summed E-state index contributed by atoms with van der Waals surface area (Å²) in [6.07, 6.45) is -10.2. The van der Waals surface area contributed by atoms with Crippen LogP contribution >= 0.6 is 12.4 Å². The Bertz CT molecular complexity index is 497. The molecule has 0 aromatic heterocycles. The Kier molecular flexibility index (Phi) is 6.73. The predicted molar refractivity (Wildman–Crippen MR) is 76.5 cm³/mol. The standard InChI is InChI=1S/C14H16F6N2.ClH/c15-13(16,17)9-12(22-6-4-21-5-7-22)10-2-1-3-11(8-10)14(18,19)20;/h1-3,8,12,21H,4-7,9H2;1H/t12-;/m0./s1. The number of benzene rings is 1. The lowest BCUT2D eigenvalue weighted by atomic mass is 9.98. The van der Waals surface area contributed by atoms with Crippen LogP contribution in [0.3, 0.4) is 0 Å². The van der Waals surface area contributed by atoms with Crippen molar-refractivity contribution in [2.75, 3.05) is 26.2 Å². The molecule has 0 saturated carbocycles. The van der Waals surface area contributed by atoms with Crippen molar-refractivity contribution in [1.82, 2.24) is 10.2 Å². The van der Waals surface area contributed by atoms with Gasteiger partial charge in [0.05, 0.1) is 12.0 Å². The normalized spacial score (nSPS) is 18.3. The molecule has 1 aliphatic heterocycles. The van der Waals surface area contributed by atoms with Gasteiger partial charge in [-0.1, -0.05) is 12.1 Å². The van der Waals surface area contributed by atoms with Gasteiger partial charge in [-0.3, -0.25) is 4.90 Å². The zero-order valence-electron chi connectivity index (χ0n) is 12.0. The number of halogens is 7. The van der Waals surface area contributed by atoms with Crippen LogP contribution < -0.4 is 5.32 Å². The van der Waals surface area contributed by atoms with Crippen LogP contribution in [0.25, 0.3) is 0 Å². The van der Waals surface area contributed by atoms with Crippen molar-refractivity contribution in [3.05, 3.63) is 35.4 Å². The average molecular weight is 363 g/mol. The fourth-order valence-corrected chi connectivity index (χ4v) is 2.59. The maximum atomic E-state index is 12.8. The number of piperazine rings is 1. The highest BCUT2D eigenvalue weighted by Crippen LogP contribution is 2.36. The maximum absolute atomic E-state index is 12.8. The van der Waals surface area contributed by atoms with Crippen LogP contribution in [-0.2, 0) is 6.18 Å². The van der Waals surface area contributed by atoms with Crippen LogP contribution in [0.1, 0.15) is 23.6 Å². The second-order valence-electron chi connectivity index (χ2n) is 5.24. The third-order valence-corrected chi connectivity index (χ3v) is 3.62. The third kappa shape index (κ3) is 5.86. The number of nitrogens with zero attached hydrogens (tertiary/aromatic N) is 1. The number of alkyl halides is 6. The molecule has 1 heterocycles. The summed E-state index contributed by atoms with van der Waals surface area (Å²) in [6, 6.07) is 3.08. The summed E-state index contributed by atoms with van der Waals surface area (Å²) in [5, 5.41) is 3.02. The molecule has 1 aromatic carbocycles. The lowest BCUT2D eigenvalue weighted by Crippen LogP contribution is -2.46. The Morgan fingerprint density at radius 3 is 2.17 bits per heavy atom. The molecule has 1 aromatic rings. The van der Waals surface area contributed by atoms with E-state index in [4.69, 9.17) is 0 Å². The molecule has 23 heavy (non-hydrogen) atoms. The molecule has 132 valence electrons. The molecule has 1 aliphatic rings. The summed E-state index contributed by atoms with van der Waals surface area (Å²) in [5.74, 6) is 0. The first-order valence-electron chi connectivity index (χ1n) is 6.85. The Morgan fingerprint density at radius 2 is 1.65 bits per heavy atom. The van der Waals surface area contributed by atoms with Gasteiger partial charge in [0, 0.05) is 32.2 Å². The number of rotatable bonds is 3. The molecule has 2 nitrogen and oxygen atoms in total. The molecule has 1 N–H and O–H groups in total. The summed E-state index contributed by atoms with van der Waals surface area (Å²) in [6.45, 7) is 1.79. The molecule has 0 spiro atoms.